The number of rotatable bonds is 6. The number of halogens is 1. The fourth-order valence-corrected chi connectivity index (χ4v) is 6.73. The van der Waals surface area contributed by atoms with Crippen molar-refractivity contribution in [1.82, 2.24) is 20.1 Å². The molecular formula is C28H36ClN5O2. The van der Waals surface area contributed by atoms with Crippen LogP contribution in [0.5, 0.6) is 0 Å². The predicted octanol–water partition coefficient (Wildman–Crippen LogP) is 3.47. The second kappa shape index (κ2) is 10.4. The monoisotopic (exact) mass is 509 g/mol. The predicted molar refractivity (Wildman–Crippen MR) is 141 cm³/mol. The number of carbonyl (C=O) groups excluding carboxylic acids is 2. The Hall–Kier alpha value is -2.64. The molecule has 3 N–H and O–H groups in total. The summed E-state index contributed by atoms with van der Waals surface area (Å²) in [7, 11) is 1.71. The van der Waals surface area contributed by atoms with E-state index in [1.807, 2.05) is 24.3 Å². The van der Waals surface area contributed by atoms with Crippen LogP contribution in [0, 0.1) is 17.8 Å². The number of likely N-dealkylation sites (tertiary alicyclic amines) is 2. The fraction of sp³-hybridized carbons (Fsp3) is 0.536. The maximum atomic E-state index is 13.4. The van der Waals surface area contributed by atoms with Gasteiger partial charge in [-0.3, -0.25) is 14.5 Å². The molecule has 0 bridgehead atoms. The van der Waals surface area contributed by atoms with E-state index < -0.39 is 0 Å². The van der Waals surface area contributed by atoms with Crippen molar-refractivity contribution in [3.8, 4) is 0 Å². The van der Waals surface area contributed by atoms with E-state index in [4.69, 9.17) is 17.3 Å². The second-order valence-corrected chi connectivity index (χ2v) is 11.1. The zero-order valence-electron chi connectivity index (χ0n) is 21.0. The summed E-state index contributed by atoms with van der Waals surface area (Å²) in [6.07, 6.45) is 6.28. The van der Waals surface area contributed by atoms with E-state index in [0.29, 0.717) is 22.7 Å². The van der Waals surface area contributed by atoms with Crippen LogP contribution in [-0.4, -0.2) is 59.8 Å². The standard InChI is InChI=1S/C28H36ClN5O2/c1-31-26(35)24-17-28(24,21-2-4-23(29)5-3-21)22-9-14-34(15-10-22)27(36)20-7-12-33(13-8-20)18-19-6-11-32-25(30)16-19/h2-6,11,16,20,22,24H,7-10,12-15,17-18H2,1H3,(H2,30,32)(H,31,35)/t24-,28-/m1/s1. The topological polar surface area (TPSA) is 91.6 Å². The maximum absolute atomic E-state index is 13.4. The van der Waals surface area contributed by atoms with Gasteiger partial charge in [0.2, 0.25) is 11.8 Å². The normalized spacial score (nSPS) is 25.5. The summed E-state index contributed by atoms with van der Waals surface area (Å²) >= 11 is 6.14. The molecule has 1 aromatic heterocycles. The molecule has 0 spiro atoms. The molecule has 3 heterocycles. The molecule has 36 heavy (non-hydrogen) atoms. The average Bonchev–Trinajstić information content (AvgIpc) is 3.66. The lowest BCUT2D eigenvalue weighted by Gasteiger charge is -2.40. The highest BCUT2D eigenvalue weighted by Gasteiger charge is 2.63. The van der Waals surface area contributed by atoms with E-state index in [-0.39, 0.29) is 23.2 Å². The second-order valence-electron chi connectivity index (χ2n) is 10.7. The van der Waals surface area contributed by atoms with Gasteiger partial charge in [0.15, 0.2) is 0 Å². The number of anilines is 1. The molecule has 0 radical (unpaired) electrons. The lowest BCUT2D eigenvalue weighted by atomic mass is 9.75. The molecular weight excluding hydrogens is 474 g/mol. The highest BCUT2D eigenvalue weighted by molar-refractivity contribution is 6.30. The number of pyridine rings is 1. The van der Waals surface area contributed by atoms with Crippen molar-refractivity contribution in [3.63, 3.8) is 0 Å². The number of nitrogens with two attached hydrogens (primary N) is 1. The van der Waals surface area contributed by atoms with Gasteiger partial charge in [-0.25, -0.2) is 4.98 Å². The average molecular weight is 510 g/mol. The van der Waals surface area contributed by atoms with Crippen LogP contribution in [0.3, 0.4) is 0 Å². The third kappa shape index (κ3) is 4.96. The van der Waals surface area contributed by atoms with Crippen LogP contribution < -0.4 is 11.1 Å². The molecule has 2 aromatic rings. The van der Waals surface area contributed by atoms with Crippen LogP contribution >= 0.6 is 11.6 Å². The SMILES string of the molecule is CNC(=O)[C@H]1C[C@@]1(c1ccc(Cl)cc1)C1CCN(C(=O)C2CCN(Cc3ccnc(N)c3)CC2)CC1. The molecule has 1 aliphatic carbocycles. The van der Waals surface area contributed by atoms with Gasteiger partial charge >= 0.3 is 0 Å². The van der Waals surface area contributed by atoms with Crippen LogP contribution in [0.2, 0.25) is 5.02 Å². The summed E-state index contributed by atoms with van der Waals surface area (Å²) in [5, 5.41) is 3.56. The number of nitrogens with one attached hydrogen (secondary N) is 1. The Morgan fingerprint density at radius 2 is 1.78 bits per heavy atom. The van der Waals surface area contributed by atoms with E-state index in [1.54, 1.807) is 13.2 Å². The first-order chi connectivity index (χ1) is 17.4. The van der Waals surface area contributed by atoms with Gasteiger partial charge in [-0.05, 0) is 86.5 Å². The van der Waals surface area contributed by atoms with Crippen molar-refractivity contribution in [1.29, 1.82) is 0 Å². The Labute approximate surface area is 218 Å². The Balaban J connectivity index is 1.16. The molecule has 1 saturated carbocycles. The van der Waals surface area contributed by atoms with Gasteiger partial charge in [-0.15, -0.1) is 0 Å². The van der Waals surface area contributed by atoms with E-state index >= 15 is 0 Å². The Morgan fingerprint density at radius 3 is 2.42 bits per heavy atom. The number of aromatic nitrogens is 1. The van der Waals surface area contributed by atoms with Crippen molar-refractivity contribution in [3.05, 3.63) is 58.7 Å². The minimum atomic E-state index is -0.137. The van der Waals surface area contributed by atoms with Crippen LogP contribution in [0.15, 0.2) is 42.6 Å². The molecule has 0 unspecified atom stereocenters. The highest BCUT2D eigenvalue weighted by atomic mass is 35.5. The molecule has 2 saturated heterocycles. The van der Waals surface area contributed by atoms with E-state index in [1.165, 1.54) is 11.1 Å². The first-order valence-corrected chi connectivity index (χ1v) is 13.5. The first kappa shape index (κ1) is 25.0. The number of hydrogen-bond donors (Lipinski definition) is 2. The first-order valence-electron chi connectivity index (χ1n) is 13.1. The number of nitrogen functional groups attached to an aromatic ring is 1. The lowest BCUT2D eigenvalue weighted by molar-refractivity contribution is -0.139. The molecule has 1 aromatic carbocycles. The van der Waals surface area contributed by atoms with E-state index in [9.17, 15) is 9.59 Å². The summed E-state index contributed by atoms with van der Waals surface area (Å²) in [6, 6.07) is 11.9. The van der Waals surface area contributed by atoms with Gasteiger partial charge in [-0.2, -0.15) is 0 Å². The van der Waals surface area contributed by atoms with Gasteiger partial charge in [-0.1, -0.05) is 23.7 Å². The Kier molecular flexibility index (Phi) is 7.22. The molecule has 5 rings (SSSR count). The summed E-state index contributed by atoms with van der Waals surface area (Å²) < 4.78 is 0. The Bertz CT molecular complexity index is 1090. The zero-order valence-corrected chi connectivity index (χ0v) is 21.7. The van der Waals surface area contributed by atoms with E-state index in [2.05, 4.69) is 32.2 Å². The van der Waals surface area contributed by atoms with Crippen molar-refractivity contribution >= 4 is 29.2 Å². The van der Waals surface area contributed by atoms with Crippen molar-refractivity contribution in [2.75, 3.05) is 39.0 Å². The number of amides is 2. The number of carbonyl (C=O) groups is 2. The summed E-state index contributed by atoms with van der Waals surface area (Å²) in [5.41, 5.74) is 8.04. The molecule has 192 valence electrons. The van der Waals surface area contributed by atoms with Crippen LogP contribution in [0.4, 0.5) is 5.82 Å². The van der Waals surface area contributed by atoms with Crippen molar-refractivity contribution in [2.24, 2.45) is 17.8 Å². The minimum absolute atomic E-state index is 0.00370. The van der Waals surface area contributed by atoms with Gasteiger partial charge < -0.3 is 16.0 Å². The van der Waals surface area contributed by atoms with Gasteiger partial charge in [0.1, 0.15) is 5.82 Å². The zero-order chi connectivity index (χ0) is 25.3. The van der Waals surface area contributed by atoms with Gasteiger partial charge in [0, 0.05) is 55.2 Å². The number of hydrogen-bond acceptors (Lipinski definition) is 5. The summed E-state index contributed by atoms with van der Waals surface area (Å²) in [4.78, 5) is 34.5. The number of piperidine rings is 2. The number of benzene rings is 1. The number of nitrogens with zero attached hydrogens (tertiary/aromatic N) is 3. The maximum Gasteiger partial charge on any atom is 0.225 e. The van der Waals surface area contributed by atoms with Gasteiger partial charge in [0.25, 0.3) is 0 Å². The highest BCUT2D eigenvalue weighted by Crippen LogP contribution is 2.61. The largest absolute Gasteiger partial charge is 0.384 e. The van der Waals surface area contributed by atoms with Crippen molar-refractivity contribution < 1.29 is 9.59 Å². The smallest absolute Gasteiger partial charge is 0.225 e. The van der Waals surface area contributed by atoms with Crippen LogP contribution in [-0.2, 0) is 21.5 Å². The molecule has 3 fully saturated rings. The summed E-state index contributed by atoms with van der Waals surface area (Å²) in [6.45, 7) is 4.23. The third-order valence-corrected chi connectivity index (χ3v) is 8.92. The molecule has 8 heteroatoms. The van der Waals surface area contributed by atoms with Crippen LogP contribution in [0.25, 0.3) is 0 Å². The molecule has 7 nitrogen and oxygen atoms in total. The van der Waals surface area contributed by atoms with E-state index in [0.717, 1.165) is 64.8 Å². The third-order valence-electron chi connectivity index (χ3n) is 8.67. The fourth-order valence-electron chi connectivity index (χ4n) is 6.61. The van der Waals surface area contributed by atoms with Crippen LogP contribution in [0.1, 0.15) is 43.2 Å². The quantitative estimate of drug-likeness (QED) is 0.622. The summed E-state index contributed by atoms with van der Waals surface area (Å²) in [5.74, 6) is 1.46. The molecule has 2 atom stereocenters. The molecule has 2 aliphatic heterocycles. The molecule has 2 amide bonds. The van der Waals surface area contributed by atoms with Gasteiger partial charge in [0.05, 0.1) is 0 Å². The molecule has 3 aliphatic rings. The van der Waals surface area contributed by atoms with Crippen molar-refractivity contribution in [2.45, 2.75) is 44.1 Å². The minimum Gasteiger partial charge on any atom is -0.384 e. The Morgan fingerprint density at radius 1 is 1.08 bits per heavy atom. The lowest BCUT2D eigenvalue weighted by Crippen LogP contribution is -2.47.